The van der Waals surface area contributed by atoms with E-state index in [0.717, 1.165) is 36.8 Å². The van der Waals surface area contributed by atoms with Gasteiger partial charge >= 0.3 is 11.1 Å². The smallest absolute Gasteiger partial charge is 0.325 e. The molecular formula is C21H22ClN3O. The summed E-state index contributed by atoms with van der Waals surface area (Å²) in [6.45, 7) is 0. The summed E-state index contributed by atoms with van der Waals surface area (Å²) < 4.78 is 1.99. The Balaban J connectivity index is 0.00000168. The number of fused-ring (bicyclic) bond motifs is 6. The highest BCUT2D eigenvalue weighted by Gasteiger charge is 2.32. The van der Waals surface area contributed by atoms with Gasteiger partial charge in [-0.2, -0.15) is 0 Å². The number of rotatable bonds is 1. The molecule has 0 atom stereocenters. The third-order valence-electron chi connectivity index (χ3n) is 5.72. The molecule has 0 fully saturated rings. The molecule has 5 rings (SSSR count). The first-order valence-electron chi connectivity index (χ1n) is 9.40. The Morgan fingerprint density at radius 2 is 1.50 bits per heavy atom. The van der Waals surface area contributed by atoms with E-state index in [0.29, 0.717) is 5.82 Å². The lowest BCUT2D eigenvalue weighted by Gasteiger charge is -2.22. The van der Waals surface area contributed by atoms with Gasteiger partial charge in [-0.15, -0.1) is 0 Å². The minimum Gasteiger partial charge on any atom is -1.00 e. The van der Waals surface area contributed by atoms with Crippen LogP contribution < -0.4 is 22.5 Å². The van der Waals surface area contributed by atoms with Crippen molar-refractivity contribution in [3.8, 4) is 11.4 Å². The molecule has 2 heterocycles. The second-order valence-electron chi connectivity index (χ2n) is 7.23. The van der Waals surface area contributed by atoms with Gasteiger partial charge in [0.2, 0.25) is 11.5 Å². The zero-order valence-electron chi connectivity index (χ0n) is 14.7. The van der Waals surface area contributed by atoms with Gasteiger partial charge in [-0.25, -0.2) is 0 Å². The molecule has 4 nitrogen and oxygen atoms in total. The summed E-state index contributed by atoms with van der Waals surface area (Å²) in [5.41, 5.74) is 7.20. The number of pyridine rings is 1. The zero-order valence-corrected chi connectivity index (χ0v) is 15.5. The maximum atomic E-state index is 13.0. The number of nitrogens with one attached hydrogen (secondary N) is 1. The van der Waals surface area contributed by atoms with E-state index in [4.69, 9.17) is 5.10 Å². The summed E-state index contributed by atoms with van der Waals surface area (Å²) in [6.07, 6.45) is 9.12. The summed E-state index contributed by atoms with van der Waals surface area (Å²) >= 11 is 0. The fourth-order valence-corrected chi connectivity index (χ4v) is 4.57. The number of aromatic amines is 1. The SMILES string of the molecule is O=c1[nH]c(-c2ccccc2)n[n+]2c3c(c4c(c12)CCCC4)CCCC3.[Cl-]. The number of halogens is 1. The maximum Gasteiger partial charge on any atom is 0.325 e. The third-order valence-corrected chi connectivity index (χ3v) is 5.72. The topological polar surface area (TPSA) is 49.9 Å². The summed E-state index contributed by atoms with van der Waals surface area (Å²) in [5, 5.41) is 4.89. The molecule has 0 unspecified atom stereocenters. The lowest BCUT2D eigenvalue weighted by atomic mass is 9.83. The van der Waals surface area contributed by atoms with Crippen LogP contribution in [0.3, 0.4) is 0 Å². The van der Waals surface area contributed by atoms with Crippen LogP contribution in [0.25, 0.3) is 16.9 Å². The van der Waals surface area contributed by atoms with Crippen molar-refractivity contribution in [3.63, 3.8) is 0 Å². The Bertz CT molecular complexity index is 1030. The minimum atomic E-state index is 0. The minimum absolute atomic E-state index is 0. The fraction of sp³-hybridized carbons (Fsp3) is 0.381. The molecule has 2 aliphatic carbocycles. The van der Waals surface area contributed by atoms with Crippen LogP contribution in [0.2, 0.25) is 0 Å². The molecule has 0 amide bonds. The van der Waals surface area contributed by atoms with Crippen LogP contribution in [0.4, 0.5) is 0 Å². The summed E-state index contributed by atoms with van der Waals surface area (Å²) in [7, 11) is 0. The molecule has 0 bridgehead atoms. The Labute approximate surface area is 158 Å². The third kappa shape index (κ3) is 2.64. The molecule has 0 saturated carbocycles. The number of aryl methyl sites for hydroxylation is 2. The monoisotopic (exact) mass is 367 g/mol. The first kappa shape index (κ1) is 17.2. The van der Waals surface area contributed by atoms with Crippen LogP contribution in [-0.2, 0) is 25.7 Å². The van der Waals surface area contributed by atoms with E-state index in [1.165, 1.54) is 48.1 Å². The summed E-state index contributed by atoms with van der Waals surface area (Å²) in [6, 6.07) is 9.93. The van der Waals surface area contributed by atoms with Gasteiger partial charge in [0.05, 0.1) is 0 Å². The van der Waals surface area contributed by atoms with Crippen LogP contribution in [0.1, 0.15) is 48.1 Å². The Morgan fingerprint density at radius 1 is 0.846 bits per heavy atom. The van der Waals surface area contributed by atoms with Crippen molar-refractivity contribution in [3.05, 3.63) is 63.1 Å². The van der Waals surface area contributed by atoms with Gasteiger partial charge in [-0.3, -0.25) is 9.78 Å². The number of benzene rings is 1. The van der Waals surface area contributed by atoms with E-state index >= 15 is 0 Å². The molecule has 1 N–H and O–H groups in total. The van der Waals surface area contributed by atoms with Crippen LogP contribution in [0, 0.1) is 0 Å². The second-order valence-corrected chi connectivity index (χ2v) is 7.23. The number of H-pyrrole nitrogens is 1. The first-order valence-corrected chi connectivity index (χ1v) is 9.40. The van der Waals surface area contributed by atoms with Gasteiger partial charge in [0.1, 0.15) is 0 Å². The van der Waals surface area contributed by atoms with Gasteiger partial charge in [-0.05, 0) is 55.0 Å². The molecule has 0 aliphatic heterocycles. The molecule has 26 heavy (non-hydrogen) atoms. The number of nitrogens with zero attached hydrogens (tertiary/aromatic N) is 2. The van der Waals surface area contributed by atoms with Gasteiger partial charge in [0.25, 0.3) is 0 Å². The van der Waals surface area contributed by atoms with Crippen molar-refractivity contribution in [1.82, 2.24) is 10.1 Å². The Kier molecular flexibility index (Phi) is 4.53. The van der Waals surface area contributed by atoms with Crippen molar-refractivity contribution >= 4 is 5.52 Å². The molecule has 134 valence electrons. The van der Waals surface area contributed by atoms with Crippen molar-refractivity contribution < 1.29 is 16.9 Å². The van der Waals surface area contributed by atoms with Gasteiger partial charge in [-0.1, -0.05) is 30.3 Å². The lowest BCUT2D eigenvalue weighted by Crippen LogP contribution is -3.00. The van der Waals surface area contributed by atoms with Crippen molar-refractivity contribution in [2.75, 3.05) is 0 Å². The van der Waals surface area contributed by atoms with Crippen LogP contribution >= 0.6 is 0 Å². The molecule has 0 spiro atoms. The molecule has 0 saturated heterocycles. The van der Waals surface area contributed by atoms with E-state index in [9.17, 15) is 4.79 Å². The average molecular weight is 368 g/mol. The first-order chi connectivity index (χ1) is 12.3. The molecule has 1 aromatic carbocycles. The highest BCUT2D eigenvalue weighted by atomic mass is 35.5. The van der Waals surface area contributed by atoms with Crippen molar-refractivity contribution in [2.24, 2.45) is 0 Å². The Hall–Kier alpha value is -2.20. The van der Waals surface area contributed by atoms with Crippen LogP contribution in [0.5, 0.6) is 0 Å². The fourth-order valence-electron chi connectivity index (χ4n) is 4.57. The summed E-state index contributed by atoms with van der Waals surface area (Å²) in [4.78, 5) is 16.1. The molecule has 2 aliphatic rings. The predicted octanol–water partition coefficient (Wildman–Crippen LogP) is -0.0628. The number of hydrogen-bond donors (Lipinski definition) is 1. The van der Waals surface area contributed by atoms with Crippen LogP contribution in [0.15, 0.2) is 35.1 Å². The standard InChI is InChI=1S/C21H21N3O.ClH/c25-21-19-17-12-5-4-10-15(17)16-11-6-7-13-18(16)24(19)23-20(22-21)14-8-2-1-3-9-14;/h1-3,8-9H,4-7,10-13H2;1H. The zero-order chi connectivity index (χ0) is 16.8. The maximum absolute atomic E-state index is 13.0. The average Bonchev–Trinajstić information content (AvgIpc) is 2.68. The van der Waals surface area contributed by atoms with E-state index in [1.54, 1.807) is 0 Å². The van der Waals surface area contributed by atoms with Crippen LogP contribution in [-0.4, -0.2) is 10.1 Å². The van der Waals surface area contributed by atoms with Gasteiger partial charge in [0.15, 0.2) is 0 Å². The van der Waals surface area contributed by atoms with E-state index < -0.39 is 0 Å². The molecule has 5 heteroatoms. The van der Waals surface area contributed by atoms with Gasteiger partial charge < -0.3 is 12.4 Å². The number of aromatic nitrogens is 3. The molecule has 2 aromatic heterocycles. The molecule has 3 aromatic rings. The number of hydrogen-bond acceptors (Lipinski definition) is 2. The van der Waals surface area contributed by atoms with E-state index in [1.807, 2.05) is 34.8 Å². The highest BCUT2D eigenvalue weighted by molar-refractivity contribution is 5.58. The molecular weight excluding hydrogens is 346 g/mol. The van der Waals surface area contributed by atoms with E-state index in [2.05, 4.69) is 4.98 Å². The second kappa shape index (κ2) is 6.84. The quantitative estimate of drug-likeness (QED) is 0.612. The largest absolute Gasteiger partial charge is 1.00 e. The normalized spacial score (nSPS) is 15.8. The van der Waals surface area contributed by atoms with Gasteiger partial charge in [0, 0.05) is 28.2 Å². The van der Waals surface area contributed by atoms with Crippen molar-refractivity contribution in [2.45, 2.75) is 51.4 Å². The highest BCUT2D eigenvalue weighted by Crippen LogP contribution is 2.31. The van der Waals surface area contributed by atoms with Crippen molar-refractivity contribution in [1.29, 1.82) is 0 Å². The predicted molar refractivity (Wildman–Crippen MR) is 96.7 cm³/mol. The Morgan fingerprint density at radius 3 is 2.27 bits per heavy atom. The summed E-state index contributed by atoms with van der Waals surface area (Å²) in [5.74, 6) is 0.659. The molecule has 0 radical (unpaired) electrons. The lowest BCUT2D eigenvalue weighted by molar-refractivity contribution is -0.591. The van der Waals surface area contributed by atoms with E-state index in [-0.39, 0.29) is 18.0 Å².